The molecule has 0 aliphatic rings. The van der Waals surface area contributed by atoms with E-state index in [9.17, 15) is 9.59 Å². The first-order valence-corrected chi connectivity index (χ1v) is 8.23. The van der Waals surface area contributed by atoms with Crippen molar-refractivity contribution < 1.29 is 14.3 Å². The molecule has 2 amide bonds. The lowest BCUT2D eigenvalue weighted by atomic mass is 10.1. The first kappa shape index (κ1) is 18.5. The molecule has 25 heavy (non-hydrogen) atoms. The Morgan fingerprint density at radius 3 is 2.48 bits per heavy atom. The minimum absolute atomic E-state index is 0.0349. The lowest BCUT2D eigenvalue weighted by Crippen LogP contribution is -2.38. The largest absolute Gasteiger partial charge is 0.497 e. The van der Waals surface area contributed by atoms with E-state index in [-0.39, 0.29) is 18.4 Å². The van der Waals surface area contributed by atoms with Crippen LogP contribution < -0.4 is 10.1 Å². The average molecular weight is 340 g/mol. The fourth-order valence-corrected chi connectivity index (χ4v) is 2.45. The Hall–Kier alpha value is -2.82. The van der Waals surface area contributed by atoms with Crippen molar-refractivity contribution in [3.05, 3.63) is 59.7 Å². The highest BCUT2D eigenvalue weighted by atomic mass is 16.5. The molecule has 5 nitrogen and oxygen atoms in total. The van der Waals surface area contributed by atoms with E-state index in [2.05, 4.69) is 5.32 Å². The molecule has 0 unspecified atom stereocenters. The van der Waals surface area contributed by atoms with Gasteiger partial charge >= 0.3 is 0 Å². The number of benzene rings is 2. The van der Waals surface area contributed by atoms with Crippen LogP contribution in [0.5, 0.6) is 5.75 Å². The SMILES string of the molecule is COc1cccc(CCN(CC(=O)Nc2ccc(C)cc2)C(C)=O)c1. The minimum Gasteiger partial charge on any atom is -0.497 e. The molecule has 132 valence electrons. The zero-order valence-electron chi connectivity index (χ0n) is 14.9. The second-order valence-corrected chi connectivity index (χ2v) is 5.96. The Labute approximate surface area is 148 Å². The van der Waals surface area contributed by atoms with Crippen molar-refractivity contribution in [2.75, 3.05) is 25.5 Å². The average Bonchev–Trinajstić information content (AvgIpc) is 2.60. The summed E-state index contributed by atoms with van der Waals surface area (Å²) in [6.07, 6.45) is 0.661. The number of carbonyl (C=O) groups is 2. The molecule has 1 N–H and O–H groups in total. The fraction of sp³-hybridized carbons (Fsp3) is 0.300. The highest BCUT2D eigenvalue weighted by Gasteiger charge is 2.14. The van der Waals surface area contributed by atoms with Crippen molar-refractivity contribution in [2.24, 2.45) is 0 Å². The molecule has 5 heteroatoms. The van der Waals surface area contributed by atoms with Crippen LogP contribution in [-0.2, 0) is 16.0 Å². The third kappa shape index (κ3) is 5.95. The van der Waals surface area contributed by atoms with Crippen molar-refractivity contribution >= 4 is 17.5 Å². The molecule has 0 saturated carbocycles. The molecule has 0 bridgehead atoms. The number of methoxy groups -OCH3 is 1. The molecule has 0 fully saturated rings. The topological polar surface area (TPSA) is 58.6 Å². The predicted octanol–water partition coefficient (Wildman–Crippen LogP) is 3.03. The van der Waals surface area contributed by atoms with Gasteiger partial charge in [-0.15, -0.1) is 0 Å². The number of nitrogens with one attached hydrogen (secondary N) is 1. The van der Waals surface area contributed by atoms with Crippen LogP contribution in [0.25, 0.3) is 0 Å². The summed E-state index contributed by atoms with van der Waals surface area (Å²) >= 11 is 0. The molecule has 2 aromatic rings. The number of aryl methyl sites for hydroxylation is 1. The number of carbonyl (C=O) groups excluding carboxylic acids is 2. The number of anilines is 1. The van der Waals surface area contributed by atoms with Crippen molar-refractivity contribution in [1.82, 2.24) is 4.90 Å². The van der Waals surface area contributed by atoms with E-state index < -0.39 is 0 Å². The first-order valence-electron chi connectivity index (χ1n) is 8.23. The minimum atomic E-state index is -0.204. The van der Waals surface area contributed by atoms with Crippen LogP contribution >= 0.6 is 0 Å². The summed E-state index contributed by atoms with van der Waals surface area (Å²) < 4.78 is 5.20. The van der Waals surface area contributed by atoms with Gasteiger partial charge in [0.2, 0.25) is 11.8 Å². The van der Waals surface area contributed by atoms with Crippen LogP contribution in [0.15, 0.2) is 48.5 Å². The second kappa shape index (κ2) is 8.87. The molecular weight excluding hydrogens is 316 g/mol. The van der Waals surface area contributed by atoms with E-state index in [0.29, 0.717) is 13.0 Å². The second-order valence-electron chi connectivity index (χ2n) is 5.96. The number of hydrogen-bond acceptors (Lipinski definition) is 3. The van der Waals surface area contributed by atoms with E-state index in [4.69, 9.17) is 4.74 Å². The molecule has 0 spiro atoms. The van der Waals surface area contributed by atoms with Crippen LogP contribution in [0, 0.1) is 6.92 Å². The van der Waals surface area contributed by atoms with Gasteiger partial charge in [0, 0.05) is 19.2 Å². The van der Waals surface area contributed by atoms with Crippen molar-refractivity contribution in [3.63, 3.8) is 0 Å². The van der Waals surface area contributed by atoms with Gasteiger partial charge in [-0.3, -0.25) is 9.59 Å². The predicted molar refractivity (Wildman–Crippen MR) is 98.8 cm³/mol. The standard InChI is InChI=1S/C20H24N2O3/c1-15-7-9-18(10-8-15)21-20(24)14-22(16(2)23)12-11-17-5-4-6-19(13-17)25-3/h4-10,13H,11-12,14H2,1-3H3,(H,21,24). The molecule has 0 saturated heterocycles. The highest BCUT2D eigenvalue weighted by Crippen LogP contribution is 2.13. The first-order chi connectivity index (χ1) is 12.0. The van der Waals surface area contributed by atoms with E-state index in [1.165, 1.54) is 6.92 Å². The Balaban J connectivity index is 1.92. The van der Waals surface area contributed by atoms with E-state index in [1.807, 2.05) is 55.5 Å². The van der Waals surface area contributed by atoms with Gasteiger partial charge in [-0.05, 0) is 43.2 Å². The Bertz CT molecular complexity index is 726. The molecular formula is C20H24N2O3. The lowest BCUT2D eigenvalue weighted by molar-refractivity contribution is -0.132. The number of ether oxygens (including phenoxy) is 1. The van der Waals surface area contributed by atoms with Gasteiger partial charge in [0.15, 0.2) is 0 Å². The van der Waals surface area contributed by atoms with Crippen LogP contribution in [0.3, 0.4) is 0 Å². The maximum absolute atomic E-state index is 12.2. The Morgan fingerprint density at radius 1 is 1.12 bits per heavy atom. The molecule has 0 radical (unpaired) electrons. The van der Waals surface area contributed by atoms with E-state index in [1.54, 1.807) is 12.0 Å². The molecule has 0 aromatic heterocycles. The third-order valence-electron chi connectivity index (χ3n) is 3.92. The Kier molecular flexibility index (Phi) is 6.57. The monoisotopic (exact) mass is 340 g/mol. The maximum atomic E-state index is 12.2. The summed E-state index contributed by atoms with van der Waals surface area (Å²) in [5.74, 6) is 0.454. The fourth-order valence-electron chi connectivity index (χ4n) is 2.45. The van der Waals surface area contributed by atoms with Gasteiger partial charge in [-0.1, -0.05) is 29.8 Å². The summed E-state index contributed by atoms with van der Waals surface area (Å²) in [4.78, 5) is 25.6. The number of rotatable bonds is 7. The summed E-state index contributed by atoms with van der Waals surface area (Å²) in [6, 6.07) is 15.3. The van der Waals surface area contributed by atoms with Gasteiger partial charge in [0.1, 0.15) is 5.75 Å². The maximum Gasteiger partial charge on any atom is 0.243 e. The van der Waals surface area contributed by atoms with Crippen LogP contribution in [-0.4, -0.2) is 36.9 Å². The van der Waals surface area contributed by atoms with Crippen molar-refractivity contribution in [2.45, 2.75) is 20.3 Å². The van der Waals surface area contributed by atoms with Crippen molar-refractivity contribution in [3.8, 4) is 5.75 Å². The van der Waals surface area contributed by atoms with Gasteiger partial charge in [-0.2, -0.15) is 0 Å². The van der Waals surface area contributed by atoms with E-state index >= 15 is 0 Å². The molecule has 0 heterocycles. The van der Waals surface area contributed by atoms with Crippen LogP contribution in [0.2, 0.25) is 0 Å². The highest BCUT2D eigenvalue weighted by molar-refractivity contribution is 5.94. The quantitative estimate of drug-likeness (QED) is 0.843. The zero-order valence-corrected chi connectivity index (χ0v) is 14.9. The smallest absolute Gasteiger partial charge is 0.243 e. The summed E-state index contributed by atoms with van der Waals surface area (Å²) in [5, 5.41) is 2.82. The Morgan fingerprint density at radius 2 is 1.84 bits per heavy atom. The molecule has 2 rings (SSSR count). The van der Waals surface area contributed by atoms with Gasteiger partial charge < -0.3 is 15.0 Å². The summed E-state index contributed by atoms with van der Waals surface area (Å²) in [7, 11) is 1.62. The number of hydrogen-bond donors (Lipinski definition) is 1. The third-order valence-corrected chi connectivity index (χ3v) is 3.92. The normalized spacial score (nSPS) is 10.2. The summed E-state index contributed by atoms with van der Waals surface area (Å²) in [5.41, 5.74) is 2.91. The van der Waals surface area contributed by atoms with Crippen LogP contribution in [0.4, 0.5) is 5.69 Å². The van der Waals surface area contributed by atoms with Gasteiger partial charge in [0.25, 0.3) is 0 Å². The van der Waals surface area contributed by atoms with Gasteiger partial charge in [-0.25, -0.2) is 0 Å². The molecule has 0 atom stereocenters. The number of amides is 2. The molecule has 0 aliphatic carbocycles. The molecule has 0 aliphatic heterocycles. The zero-order chi connectivity index (χ0) is 18.2. The van der Waals surface area contributed by atoms with E-state index in [0.717, 1.165) is 22.6 Å². The van der Waals surface area contributed by atoms with Gasteiger partial charge in [0.05, 0.1) is 13.7 Å². The number of nitrogens with zero attached hydrogens (tertiary/aromatic N) is 1. The lowest BCUT2D eigenvalue weighted by Gasteiger charge is -2.20. The summed E-state index contributed by atoms with van der Waals surface area (Å²) in [6.45, 7) is 3.98. The molecule has 2 aromatic carbocycles. The van der Waals surface area contributed by atoms with Crippen LogP contribution in [0.1, 0.15) is 18.1 Å². The van der Waals surface area contributed by atoms with Crippen molar-refractivity contribution in [1.29, 1.82) is 0 Å².